The summed E-state index contributed by atoms with van der Waals surface area (Å²) in [5, 5.41) is 0. The Bertz CT molecular complexity index is 1200. The summed E-state index contributed by atoms with van der Waals surface area (Å²) in [5.74, 6) is -2.30. The van der Waals surface area contributed by atoms with Crippen LogP contribution in [0, 0.1) is 0 Å². The largest absolute Gasteiger partial charge is 0.452 e. The number of rotatable bonds is 10. The van der Waals surface area contributed by atoms with Gasteiger partial charge in [-0.05, 0) is 29.2 Å². The molecule has 9 heteroatoms. The van der Waals surface area contributed by atoms with E-state index in [1.807, 2.05) is 6.07 Å². The summed E-state index contributed by atoms with van der Waals surface area (Å²) in [7, 11) is 1.71. The molecular formula is C24H21BrN4O4. The number of aryl methyl sites for hydroxylation is 1. The fraction of sp³-hybridized carbons (Fsp3) is 0.208. The summed E-state index contributed by atoms with van der Waals surface area (Å²) >= 11 is 3.37. The number of ketones is 2. The molecule has 1 atom stereocenters. The van der Waals surface area contributed by atoms with E-state index in [0.717, 1.165) is 15.6 Å². The van der Waals surface area contributed by atoms with Gasteiger partial charge in [-0.2, -0.15) is 4.79 Å². The molecule has 0 spiro atoms. The Kier molecular flexibility index (Phi) is 8.18. The van der Waals surface area contributed by atoms with Gasteiger partial charge in [0.05, 0.1) is 0 Å². The van der Waals surface area contributed by atoms with Crippen molar-refractivity contribution in [3.8, 4) is 0 Å². The van der Waals surface area contributed by atoms with Gasteiger partial charge in [-0.25, -0.2) is 9.78 Å². The third-order valence-corrected chi connectivity index (χ3v) is 5.57. The molecule has 0 N–H and O–H groups in total. The zero-order chi connectivity index (χ0) is 23.8. The van der Waals surface area contributed by atoms with Gasteiger partial charge < -0.3 is 14.8 Å². The number of hydrogen-bond donors (Lipinski definition) is 0. The van der Waals surface area contributed by atoms with E-state index < -0.39 is 23.4 Å². The predicted octanol–water partition coefficient (Wildman–Crippen LogP) is 3.91. The summed E-state index contributed by atoms with van der Waals surface area (Å²) in [4.78, 5) is 45.0. The van der Waals surface area contributed by atoms with Crippen LogP contribution >= 0.6 is 15.9 Å². The van der Waals surface area contributed by atoms with Crippen LogP contribution < -0.4 is 0 Å². The topological polar surface area (TPSA) is 115 Å². The van der Waals surface area contributed by atoms with Crippen molar-refractivity contribution in [3.05, 3.63) is 93.9 Å². The van der Waals surface area contributed by atoms with Crippen molar-refractivity contribution in [2.24, 2.45) is 7.05 Å². The van der Waals surface area contributed by atoms with Crippen molar-refractivity contribution in [3.63, 3.8) is 0 Å². The van der Waals surface area contributed by atoms with E-state index >= 15 is 0 Å². The Morgan fingerprint density at radius 1 is 1.09 bits per heavy atom. The van der Waals surface area contributed by atoms with Gasteiger partial charge in [0.2, 0.25) is 0 Å². The molecular weight excluding hydrogens is 488 g/mol. The maximum Gasteiger partial charge on any atom is 0.441 e. The predicted molar refractivity (Wildman–Crippen MR) is 124 cm³/mol. The average molecular weight is 509 g/mol. The van der Waals surface area contributed by atoms with E-state index in [0.29, 0.717) is 0 Å². The fourth-order valence-electron chi connectivity index (χ4n) is 3.31. The Morgan fingerprint density at radius 2 is 1.79 bits per heavy atom. The number of imidazole rings is 1. The van der Waals surface area contributed by atoms with Crippen molar-refractivity contribution in [2.75, 3.05) is 0 Å². The lowest BCUT2D eigenvalue weighted by molar-refractivity contribution is -0.143. The highest BCUT2D eigenvalue weighted by Gasteiger charge is 2.34. The Labute approximate surface area is 199 Å². The van der Waals surface area contributed by atoms with E-state index in [9.17, 15) is 19.9 Å². The number of nitrogens with zero attached hydrogens (tertiary/aromatic N) is 4. The van der Waals surface area contributed by atoms with Crippen LogP contribution in [-0.4, -0.2) is 37.6 Å². The van der Waals surface area contributed by atoms with Crippen molar-refractivity contribution in [2.45, 2.75) is 25.4 Å². The second-order valence-electron chi connectivity index (χ2n) is 7.38. The summed E-state index contributed by atoms with van der Waals surface area (Å²) in [6.45, 7) is -0.0697. The Hall–Kier alpha value is -3.68. The molecule has 0 radical (unpaired) electrons. The number of hydrogen-bond acceptors (Lipinski definition) is 5. The molecule has 0 amide bonds. The number of esters is 1. The second kappa shape index (κ2) is 11.3. The summed E-state index contributed by atoms with van der Waals surface area (Å²) in [6, 6.07) is 16.1. The first-order valence-corrected chi connectivity index (χ1v) is 10.9. The number of Topliss-reactive ketones (excluding diaryl/α,β-unsaturated/α-hetero) is 2. The number of carbonyl (C=O) groups is 3. The molecule has 0 saturated heterocycles. The van der Waals surface area contributed by atoms with Crippen LogP contribution in [0.1, 0.15) is 40.5 Å². The first kappa shape index (κ1) is 24.0. The third-order valence-electron chi connectivity index (χ3n) is 5.05. The van der Waals surface area contributed by atoms with Gasteiger partial charge in [0.15, 0.2) is 11.6 Å². The monoisotopic (exact) mass is 508 g/mol. The highest BCUT2D eigenvalue weighted by atomic mass is 79.9. The molecule has 1 heterocycles. The Morgan fingerprint density at radius 3 is 2.39 bits per heavy atom. The van der Waals surface area contributed by atoms with Gasteiger partial charge >= 0.3 is 11.7 Å². The van der Waals surface area contributed by atoms with Crippen molar-refractivity contribution in [1.82, 2.24) is 9.55 Å². The van der Waals surface area contributed by atoms with Gasteiger partial charge in [0.25, 0.3) is 5.78 Å². The van der Waals surface area contributed by atoms with Crippen LogP contribution in [0.5, 0.6) is 0 Å². The summed E-state index contributed by atoms with van der Waals surface area (Å²) < 4.78 is 7.57. The van der Waals surface area contributed by atoms with Crippen LogP contribution in [0.4, 0.5) is 0 Å². The first-order valence-electron chi connectivity index (χ1n) is 10.1. The molecule has 0 aliphatic rings. The van der Waals surface area contributed by atoms with Crippen molar-refractivity contribution >= 4 is 39.2 Å². The third kappa shape index (κ3) is 6.41. The summed E-state index contributed by atoms with van der Waals surface area (Å²) in [6.07, 6.45) is 2.94. The van der Waals surface area contributed by atoms with E-state index in [1.54, 1.807) is 66.3 Å². The molecule has 0 saturated carbocycles. The zero-order valence-electron chi connectivity index (χ0n) is 17.8. The van der Waals surface area contributed by atoms with E-state index in [-0.39, 0.29) is 31.1 Å². The van der Waals surface area contributed by atoms with Gasteiger partial charge in [-0.3, -0.25) is 9.59 Å². The smallest absolute Gasteiger partial charge is 0.441 e. The van der Waals surface area contributed by atoms with E-state index in [1.165, 1.54) is 6.20 Å². The molecule has 8 nitrogen and oxygen atoms in total. The quantitative estimate of drug-likeness (QED) is 0.103. The van der Waals surface area contributed by atoms with Crippen LogP contribution in [0.15, 0.2) is 71.5 Å². The standard InChI is InChI=1S/C24H21BrN4O4/c1-29-12-11-27-23(29)21(31)14-18(17-7-9-19(25)10-8-17)13-20(30)22(28-26)24(32)33-15-16-5-3-2-4-6-16/h2-12,18H,13-15H2,1H3/t18-/m1/s1. The molecule has 3 aromatic rings. The van der Waals surface area contributed by atoms with Crippen molar-refractivity contribution < 1.29 is 23.9 Å². The molecule has 0 aliphatic heterocycles. The highest BCUT2D eigenvalue weighted by Crippen LogP contribution is 2.27. The first-order chi connectivity index (χ1) is 15.9. The number of halogens is 1. The minimum Gasteiger partial charge on any atom is -0.452 e. The van der Waals surface area contributed by atoms with Gasteiger partial charge in [-0.15, -0.1) is 0 Å². The van der Waals surface area contributed by atoms with Gasteiger partial charge in [0.1, 0.15) is 6.61 Å². The Balaban J connectivity index is 1.75. The van der Waals surface area contributed by atoms with Crippen LogP contribution in [0.2, 0.25) is 0 Å². The highest BCUT2D eigenvalue weighted by molar-refractivity contribution is 9.10. The zero-order valence-corrected chi connectivity index (χ0v) is 19.4. The molecule has 1 aromatic heterocycles. The molecule has 33 heavy (non-hydrogen) atoms. The molecule has 0 aliphatic carbocycles. The van der Waals surface area contributed by atoms with E-state index in [2.05, 4.69) is 25.7 Å². The number of benzene rings is 2. The maximum absolute atomic E-state index is 12.9. The number of ether oxygens (including phenoxy) is 1. The van der Waals surface area contributed by atoms with Gasteiger partial charge in [0, 0.05) is 36.8 Å². The molecule has 2 aromatic carbocycles. The minimum absolute atomic E-state index is 0.0179. The average Bonchev–Trinajstić information content (AvgIpc) is 3.25. The number of carbonyl (C=O) groups excluding carboxylic acids is 3. The lowest BCUT2D eigenvalue weighted by Gasteiger charge is -2.15. The molecule has 0 fully saturated rings. The van der Waals surface area contributed by atoms with Crippen molar-refractivity contribution in [1.29, 1.82) is 0 Å². The van der Waals surface area contributed by atoms with Gasteiger partial charge in [-0.1, -0.05) is 58.4 Å². The molecule has 168 valence electrons. The second-order valence-corrected chi connectivity index (χ2v) is 8.29. The normalized spacial score (nSPS) is 11.3. The SMILES string of the molecule is Cn1ccnc1C(=O)C[C@@H](CC(=O)C(=[N+]=[N-])C(=O)OCc1ccccc1)c1ccc(Br)cc1. The molecule has 0 bridgehead atoms. The van der Waals surface area contributed by atoms with E-state index in [4.69, 9.17) is 4.74 Å². The minimum atomic E-state index is -1.03. The van der Waals surface area contributed by atoms with Crippen LogP contribution in [0.3, 0.4) is 0 Å². The fourth-order valence-corrected chi connectivity index (χ4v) is 3.58. The molecule has 0 unspecified atom stereocenters. The molecule has 3 rings (SSSR count). The lowest BCUT2D eigenvalue weighted by Crippen LogP contribution is -2.29. The summed E-state index contributed by atoms with van der Waals surface area (Å²) in [5.41, 5.74) is 10.1. The lowest BCUT2D eigenvalue weighted by atomic mass is 9.88. The number of aromatic nitrogens is 2. The van der Waals surface area contributed by atoms with Crippen LogP contribution in [0.25, 0.3) is 5.53 Å². The van der Waals surface area contributed by atoms with Crippen LogP contribution in [-0.2, 0) is 28.0 Å². The maximum atomic E-state index is 12.9.